The van der Waals surface area contributed by atoms with Gasteiger partial charge in [0, 0.05) is 12.1 Å². The Labute approximate surface area is 167 Å². The fraction of sp³-hybridized carbons (Fsp3) is 0.136. The second-order valence-corrected chi connectivity index (χ2v) is 6.25. The number of rotatable bonds is 7. The maximum Gasteiger partial charge on any atom is 0.337 e. The molecule has 3 rings (SSSR count). The Bertz CT molecular complexity index is 966. The van der Waals surface area contributed by atoms with Crippen LogP contribution in [0.25, 0.3) is 0 Å². The summed E-state index contributed by atoms with van der Waals surface area (Å²) in [6.45, 7) is 0. The molecule has 3 aromatic rings. The maximum absolute atomic E-state index is 12.8. The lowest BCUT2D eigenvalue weighted by Crippen LogP contribution is -2.45. The van der Waals surface area contributed by atoms with Gasteiger partial charge in [-0.1, -0.05) is 30.3 Å². The minimum absolute atomic E-state index is 0.123. The highest BCUT2D eigenvalue weighted by atomic mass is 16.5. The minimum atomic E-state index is -0.824. The molecule has 0 aliphatic heterocycles. The molecule has 2 aromatic carbocycles. The first kappa shape index (κ1) is 19.9. The van der Waals surface area contributed by atoms with E-state index in [-0.39, 0.29) is 11.7 Å². The summed E-state index contributed by atoms with van der Waals surface area (Å²) in [6.07, 6.45) is 1.70. The van der Waals surface area contributed by atoms with Crippen molar-refractivity contribution in [1.82, 2.24) is 5.32 Å². The standard InChI is InChI=1S/C22H20N2O5/c1-28-22(27)16-9-11-17(12-10-16)23-20(25)18(14-15-6-3-2-4-7-15)24-21(26)19-8-5-13-29-19/h2-13,18H,14H2,1H3,(H,23,25)(H,24,26). The summed E-state index contributed by atoms with van der Waals surface area (Å²) in [5.74, 6) is -1.21. The average molecular weight is 392 g/mol. The first-order chi connectivity index (χ1) is 14.1. The number of hydrogen-bond acceptors (Lipinski definition) is 5. The molecule has 0 aliphatic rings. The zero-order valence-corrected chi connectivity index (χ0v) is 15.8. The van der Waals surface area contributed by atoms with Crippen molar-refractivity contribution in [3.8, 4) is 0 Å². The van der Waals surface area contributed by atoms with Gasteiger partial charge in [0.25, 0.3) is 5.91 Å². The molecule has 2 N–H and O–H groups in total. The molecule has 0 saturated carbocycles. The summed E-state index contributed by atoms with van der Waals surface area (Å²) < 4.78 is 9.76. The van der Waals surface area contributed by atoms with Gasteiger partial charge >= 0.3 is 5.97 Å². The van der Waals surface area contributed by atoms with E-state index in [1.807, 2.05) is 30.3 Å². The largest absolute Gasteiger partial charge is 0.465 e. The molecule has 7 heteroatoms. The number of furan rings is 1. The number of carbonyl (C=O) groups is 3. The van der Waals surface area contributed by atoms with Gasteiger partial charge in [-0.25, -0.2) is 4.79 Å². The van der Waals surface area contributed by atoms with Gasteiger partial charge < -0.3 is 19.8 Å². The van der Waals surface area contributed by atoms with Crippen molar-refractivity contribution in [2.45, 2.75) is 12.5 Å². The van der Waals surface area contributed by atoms with Gasteiger partial charge in [0.2, 0.25) is 5.91 Å². The Morgan fingerprint density at radius 3 is 2.31 bits per heavy atom. The molecule has 1 unspecified atom stereocenters. The van der Waals surface area contributed by atoms with Gasteiger partial charge in [0.1, 0.15) is 6.04 Å². The van der Waals surface area contributed by atoms with Crippen molar-refractivity contribution in [2.75, 3.05) is 12.4 Å². The van der Waals surface area contributed by atoms with Crippen LogP contribution in [-0.4, -0.2) is 30.9 Å². The number of esters is 1. The Kier molecular flexibility index (Phi) is 6.42. The first-order valence-electron chi connectivity index (χ1n) is 8.94. The third-order valence-corrected chi connectivity index (χ3v) is 4.22. The Morgan fingerprint density at radius 2 is 1.69 bits per heavy atom. The monoisotopic (exact) mass is 392 g/mol. The molecule has 0 fully saturated rings. The van der Waals surface area contributed by atoms with E-state index in [9.17, 15) is 14.4 Å². The topological polar surface area (TPSA) is 97.6 Å². The van der Waals surface area contributed by atoms with Crippen LogP contribution in [0.3, 0.4) is 0 Å². The summed E-state index contributed by atoms with van der Waals surface area (Å²) in [4.78, 5) is 36.8. The van der Waals surface area contributed by atoms with Crippen LogP contribution in [0.15, 0.2) is 77.4 Å². The number of methoxy groups -OCH3 is 1. The molecule has 1 aromatic heterocycles. The van der Waals surface area contributed by atoms with Gasteiger partial charge in [-0.3, -0.25) is 9.59 Å². The zero-order valence-electron chi connectivity index (χ0n) is 15.8. The van der Waals surface area contributed by atoms with Gasteiger partial charge in [0.15, 0.2) is 5.76 Å². The lowest BCUT2D eigenvalue weighted by atomic mass is 10.0. The van der Waals surface area contributed by atoms with Crippen molar-refractivity contribution < 1.29 is 23.5 Å². The van der Waals surface area contributed by atoms with Crippen molar-refractivity contribution in [2.24, 2.45) is 0 Å². The quantitative estimate of drug-likeness (QED) is 0.603. The van der Waals surface area contributed by atoms with Crippen molar-refractivity contribution in [3.05, 3.63) is 89.9 Å². The van der Waals surface area contributed by atoms with Gasteiger partial charge in [-0.15, -0.1) is 0 Å². The molecule has 0 spiro atoms. The predicted molar refractivity (Wildman–Crippen MR) is 107 cm³/mol. The van der Waals surface area contributed by atoms with Crippen LogP contribution in [0, 0.1) is 0 Å². The molecule has 29 heavy (non-hydrogen) atoms. The number of benzene rings is 2. The highest BCUT2D eigenvalue weighted by Gasteiger charge is 2.23. The summed E-state index contributed by atoms with van der Waals surface area (Å²) in [5, 5.41) is 5.47. The molecule has 7 nitrogen and oxygen atoms in total. The number of ether oxygens (including phenoxy) is 1. The molecule has 1 heterocycles. The van der Waals surface area contributed by atoms with Crippen LogP contribution in [0.1, 0.15) is 26.5 Å². The van der Waals surface area contributed by atoms with Crippen LogP contribution in [0.5, 0.6) is 0 Å². The van der Waals surface area contributed by atoms with Crippen LogP contribution >= 0.6 is 0 Å². The third kappa shape index (κ3) is 5.32. The summed E-state index contributed by atoms with van der Waals surface area (Å²) >= 11 is 0. The molecule has 0 aliphatic carbocycles. The fourth-order valence-electron chi connectivity index (χ4n) is 2.73. The second kappa shape index (κ2) is 9.36. The normalized spacial score (nSPS) is 11.3. The summed E-state index contributed by atoms with van der Waals surface area (Å²) in [7, 11) is 1.30. The van der Waals surface area contributed by atoms with Crippen molar-refractivity contribution in [1.29, 1.82) is 0 Å². The average Bonchev–Trinajstić information content (AvgIpc) is 3.29. The van der Waals surface area contributed by atoms with Gasteiger partial charge in [-0.2, -0.15) is 0 Å². The molecular weight excluding hydrogens is 372 g/mol. The fourth-order valence-corrected chi connectivity index (χ4v) is 2.73. The van der Waals surface area contributed by atoms with E-state index in [0.29, 0.717) is 17.7 Å². The maximum atomic E-state index is 12.8. The van der Waals surface area contributed by atoms with Crippen LogP contribution in [-0.2, 0) is 16.0 Å². The van der Waals surface area contributed by atoms with E-state index in [1.54, 1.807) is 30.3 Å². The van der Waals surface area contributed by atoms with Crippen LogP contribution in [0.4, 0.5) is 5.69 Å². The van der Waals surface area contributed by atoms with Gasteiger partial charge in [-0.05, 0) is 42.0 Å². The minimum Gasteiger partial charge on any atom is -0.465 e. The Balaban J connectivity index is 1.74. The summed E-state index contributed by atoms with van der Waals surface area (Å²) in [6, 6.07) is 18.0. The lowest BCUT2D eigenvalue weighted by molar-refractivity contribution is -0.118. The molecule has 0 bridgehead atoms. The summed E-state index contributed by atoms with van der Waals surface area (Å²) in [5.41, 5.74) is 1.76. The molecule has 0 saturated heterocycles. The molecule has 0 radical (unpaired) electrons. The molecular formula is C22H20N2O5. The van der Waals surface area contributed by atoms with Crippen molar-refractivity contribution >= 4 is 23.5 Å². The van der Waals surface area contributed by atoms with E-state index < -0.39 is 17.9 Å². The van der Waals surface area contributed by atoms with E-state index in [0.717, 1.165) is 5.56 Å². The smallest absolute Gasteiger partial charge is 0.337 e. The zero-order chi connectivity index (χ0) is 20.6. The van der Waals surface area contributed by atoms with Crippen LogP contribution < -0.4 is 10.6 Å². The molecule has 2 amide bonds. The van der Waals surface area contributed by atoms with E-state index >= 15 is 0 Å². The third-order valence-electron chi connectivity index (χ3n) is 4.22. The highest BCUT2D eigenvalue weighted by molar-refractivity contribution is 6.00. The number of nitrogens with one attached hydrogen (secondary N) is 2. The Hall–Kier alpha value is -3.87. The number of carbonyl (C=O) groups excluding carboxylic acids is 3. The van der Waals surface area contributed by atoms with E-state index in [1.165, 1.54) is 19.4 Å². The van der Waals surface area contributed by atoms with Gasteiger partial charge in [0.05, 0.1) is 18.9 Å². The van der Waals surface area contributed by atoms with Crippen molar-refractivity contribution in [3.63, 3.8) is 0 Å². The number of anilines is 1. The van der Waals surface area contributed by atoms with E-state index in [2.05, 4.69) is 15.4 Å². The number of amides is 2. The molecule has 1 atom stereocenters. The Morgan fingerprint density at radius 1 is 0.966 bits per heavy atom. The predicted octanol–water partition coefficient (Wildman–Crippen LogP) is 3.05. The molecule has 148 valence electrons. The van der Waals surface area contributed by atoms with Crippen LogP contribution in [0.2, 0.25) is 0 Å². The SMILES string of the molecule is COC(=O)c1ccc(NC(=O)C(Cc2ccccc2)NC(=O)c2ccco2)cc1. The first-order valence-corrected chi connectivity index (χ1v) is 8.94. The highest BCUT2D eigenvalue weighted by Crippen LogP contribution is 2.13. The lowest BCUT2D eigenvalue weighted by Gasteiger charge is -2.18. The number of hydrogen-bond donors (Lipinski definition) is 2. The van der Waals surface area contributed by atoms with E-state index in [4.69, 9.17) is 4.42 Å². The second-order valence-electron chi connectivity index (χ2n) is 6.25.